The van der Waals surface area contributed by atoms with Crippen LogP contribution in [0.3, 0.4) is 0 Å². The Morgan fingerprint density at radius 2 is 2.09 bits per heavy atom. The molecule has 0 aliphatic heterocycles. The van der Waals surface area contributed by atoms with Crippen LogP contribution in [0.25, 0.3) is 6.08 Å². The summed E-state index contributed by atoms with van der Waals surface area (Å²) >= 11 is 7.54. The first kappa shape index (κ1) is 16.2. The molecule has 0 spiro atoms. The third-order valence-electron chi connectivity index (χ3n) is 4.00. The average molecular weight is 347 g/mol. The smallest absolute Gasteiger partial charge is 0.247 e. The lowest BCUT2D eigenvalue weighted by Crippen LogP contribution is -2.34. The minimum Gasteiger partial charge on any atom is -0.329 e. The lowest BCUT2D eigenvalue weighted by Gasteiger charge is -2.28. The zero-order valence-electron chi connectivity index (χ0n) is 13.2. The van der Waals surface area contributed by atoms with E-state index in [1.807, 2.05) is 41.5 Å². The maximum Gasteiger partial charge on any atom is 0.247 e. The molecule has 3 rings (SSSR count). The number of aromatic nitrogens is 1. The quantitative estimate of drug-likeness (QED) is 0.723. The highest BCUT2D eigenvalue weighted by Gasteiger charge is 2.35. The molecule has 1 atom stereocenters. The molecule has 1 unspecified atom stereocenters. The van der Waals surface area contributed by atoms with Gasteiger partial charge in [-0.1, -0.05) is 23.7 Å². The summed E-state index contributed by atoms with van der Waals surface area (Å²) in [6.45, 7) is 4.03. The zero-order valence-corrected chi connectivity index (χ0v) is 14.8. The molecule has 23 heavy (non-hydrogen) atoms. The van der Waals surface area contributed by atoms with Crippen LogP contribution in [-0.4, -0.2) is 21.8 Å². The van der Waals surface area contributed by atoms with E-state index < -0.39 is 0 Å². The standard InChI is InChI=1S/C18H19ClN2OS/c1-12(14-3-5-15(19)6-4-14)21(17-8-9-17)18(22)10-7-16-11-23-13(2)20-16/h3-7,10-12,17H,8-9H2,1-2H3/b10-7+. The Balaban J connectivity index is 1.76. The first-order chi connectivity index (χ1) is 11.0. The molecule has 1 aliphatic carbocycles. The van der Waals surface area contributed by atoms with E-state index in [-0.39, 0.29) is 11.9 Å². The minimum atomic E-state index is 0.0362. The van der Waals surface area contributed by atoms with Crippen molar-refractivity contribution in [1.82, 2.24) is 9.88 Å². The largest absolute Gasteiger partial charge is 0.329 e. The van der Waals surface area contributed by atoms with Gasteiger partial charge in [0.25, 0.3) is 0 Å². The van der Waals surface area contributed by atoms with Gasteiger partial charge in [0, 0.05) is 22.5 Å². The normalized spacial score (nSPS) is 15.8. The number of halogens is 1. The van der Waals surface area contributed by atoms with Crippen LogP contribution in [0.1, 0.15) is 42.1 Å². The summed E-state index contributed by atoms with van der Waals surface area (Å²) in [4.78, 5) is 19.0. The van der Waals surface area contributed by atoms with Gasteiger partial charge in [-0.2, -0.15) is 0 Å². The van der Waals surface area contributed by atoms with Crippen molar-refractivity contribution in [2.24, 2.45) is 0 Å². The molecule has 0 radical (unpaired) electrons. The number of rotatable bonds is 5. The topological polar surface area (TPSA) is 33.2 Å². The highest BCUT2D eigenvalue weighted by Crippen LogP contribution is 2.35. The van der Waals surface area contributed by atoms with Gasteiger partial charge in [0.15, 0.2) is 0 Å². The van der Waals surface area contributed by atoms with Crippen molar-refractivity contribution in [2.75, 3.05) is 0 Å². The summed E-state index contributed by atoms with van der Waals surface area (Å²) in [5, 5.41) is 3.68. The van der Waals surface area contributed by atoms with Crippen molar-refractivity contribution in [3.05, 3.63) is 57.0 Å². The number of hydrogen-bond donors (Lipinski definition) is 0. The minimum absolute atomic E-state index is 0.0362. The molecule has 0 saturated heterocycles. The number of thiazole rings is 1. The van der Waals surface area contributed by atoms with Gasteiger partial charge in [-0.3, -0.25) is 4.79 Å². The fraction of sp³-hybridized carbons (Fsp3) is 0.333. The number of carbonyl (C=O) groups excluding carboxylic acids is 1. The summed E-state index contributed by atoms with van der Waals surface area (Å²) < 4.78 is 0. The summed E-state index contributed by atoms with van der Waals surface area (Å²) in [6, 6.07) is 8.10. The average Bonchev–Trinajstić information content (AvgIpc) is 3.27. The predicted octanol–water partition coefficient (Wildman–Crippen LogP) is 4.87. The summed E-state index contributed by atoms with van der Waals surface area (Å²) in [5.41, 5.74) is 1.95. The van der Waals surface area contributed by atoms with E-state index in [0.717, 1.165) is 29.1 Å². The molecule has 1 aromatic heterocycles. The summed E-state index contributed by atoms with van der Waals surface area (Å²) in [7, 11) is 0. The highest BCUT2D eigenvalue weighted by atomic mass is 35.5. The molecule has 1 saturated carbocycles. The van der Waals surface area contributed by atoms with Crippen molar-refractivity contribution >= 4 is 34.9 Å². The van der Waals surface area contributed by atoms with Crippen LogP contribution in [0.2, 0.25) is 5.02 Å². The number of hydrogen-bond acceptors (Lipinski definition) is 3. The van der Waals surface area contributed by atoms with E-state index in [2.05, 4.69) is 11.9 Å². The molecule has 1 aliphatic rings. The third kappa shape index (κ3) is 4.01. The van der Waals surface area contributed by atoms with Gasteiger partial charge in [-0.15, -0.1) is 11.3 Å². The Morgan fingerprint density at radius 1 is 1.39 bits per heavy atom. The molecular formula is C18H19ClN2OS. The van der Waals surface area contributed by atoms with Gasteiger partial charge < -0.3 is 4.90 Å². The number of benzene rings is 1. The van der Waals surface area contributed by atoms with Crippen LogP contribution in [0.5, 0.6) is 0 Å². The highest BCUT2D eigenvalue weighted by molar-refractivity contribution is 7.09. The number of amides is 1. The van der Waals surface area contributed by atoms with Crippen LogP contribution in [-0.2, 0) is 4.79 Å². The maximum atomic E-state index is 12.7. The first-order valence-corrected chi connectivity index (χ1v) is 8.98. The van der Waals surface area contributed by atoms with Gasteiger partial charge in [-0.25, -0.2) is 4.98 Å². The van der Waals surface area contributed by atoms with Crippen LogP contribution >= 0.6 is 22.9 Å². The molecule has 120 valence electrons. The second-order valence-electron chi connectivity index (χ2n) is 5.83. The fourth-order valence-corrected chi connectivity index (χ4v) is 3.35. The molecule has 1 heterocycles. The second kappa shape index (κ2) is 6.85. The Kier molecular flexibility index (Phi) is 4.83. The van der Waals surface area contributed by atoms with Crippen molar-refractivity contribution < 1.29 is 4.79 Å². The van der Waals surface area contributed by atoms with E-state index in [0.29, 0.717) is 11.1 Å². The van der Waals surface area contributed by atoms with Crippen molar-refractivity contribution in [3.63, 3.8) is 0 Å². The van der Waals surface area contributed by atoms with E-state index in [1.54, 1.807) is 23.5 Å². The lowest BCUT2D eigenvalue weighted by molar-refractivity contribution is -0.128. The SMILES string of the molecule is Cc1nc(/C=C/C(=O)N(C2CC2)C(C)c2ccc(Cl)cc2)cs1. The van der Waals surface area contributed by atoms with E-state index >= 15 is 0 Å². The lowest BCUT2D eigenvalue weighted by atomic mass is 10.1. The number of carbonyl (C=O) groups is 1. The van der Waals surface area contributed by atoms with Crippen LogP contribution in [0, 0.1) is 6.92 Å². The molecular weight excluding hydrogens is 328 g/mol. The molecule has 5 heteroatoms. The molecule has 0 bridgehead atoms. The second-order valence-corrected chi connectivity index (χ2v) is 7.33. The van der Waals surface area contributed by atoms with Crippen LogP contribution < -0.4 is 0 Å². The molecule has 1 aromatic carbocycles. The zero-order chi connectivity index (χ0) is 16.4. The first-order valence-electron chi connectivity index (χ1n) is 7.72. The van der Waals surface area contributed by atoms with Gasteiger partial charge in [0.2, 0.25) is 5.91 Å². The Labute approximate surface area is 145 Å². The number of nitrogens with zero attached hydrogens (tertiary/aromatic N) is 2. The Morgan fingerprint density at radius 3 is 2.65 bits per heavy atom. The van der Waals surface area contributed by atoms with Gasteiger partial charge in [0.1, 0.15) is 0 Å². The van der Waals surface area contributed by atoms with E-state index in [1.165, 1.54) is 0 Å². The molecule has 0 N–H and O–H groups in total. The van der Waals surface area contributed by atoms with Crippen molar-refractivity contribution in [2.45, 2.75) is 38.8 Å². The fourth-order valence-electron chi connectivity index (χ4n) is 2.64. The molecule has 1 amide bonds. The monoisotopic (exact) mass is 346 g/mol. The summed E-state index contributed by atoms with van der Waals surface area (Å²) in [5.74, 6) is 0.0422. The van der Waals surface area contributed by atoms with Crippen molar-refractivity contribution in [3.8, 4) is 0 Å². The molecule has 2 aromatic rings. The number of aryl methyl sites for hydroxylation is 1. The van der Waals surface area contributed by atoms with E-state index in [4.69, 9.17) is 11.6 Å². The Hall–Kier alpha value is -1.65. The van der Waals surface area contributed by atoms with Gasteiger partial charge in [0.05, 0.1) is 16.7 Å². The maximum absolute atomic E-state index is 12.7. The van der Waals surface area contributed by atoms with Crippen LogP contribution in [0.15, 0.2) is 35.7 Å². The van der Waals surface area contributed by atoms with E-state index in [9.17, 15) is 4.79 Å². The van der Waals surface area contributed by atoms with Crippen molar-refractivity contribution in [1.29, 1.82) is 0 Å². The third-order valence-corrected chi connectivity index (χ3v) is 5.04. The Bertz CT molecular complexity index is 719. The van der Waals surface area contributed by atoms with Gasteiger partial charge >= 0.3 is 0 Å². The van der Waals surface area contributed by atoms with Crippen LogP contribution in [0.4, 0.5) is 0 Å². The van der Waals surface area contributed by atoms with Gasteiger partial charge in [-0.05, 0) is 50.5 Å². The predicted molar refractivity (Wildman–Crippen MR) is 95.6 cm³/mol. The molecule has 3 nitrogen and oxygen atoms in total. The molecule has 1 fully saturated rings. The summed E-state index contributed by atoms with van der Waals surface area (Å²) in [6.07, 6.45) is 5.59.